The van der Waals surface area contributed by atoms with Gasteiger partial charge in [-0.1, -0.05) is 0 Å². The summed E-state index contributed by atoms with van der Waals surface area (Å²) in [5.41, 5.74) is 2.15. The van der Waals surface area contributed by atoms with Gasteiger partial charge in [0.05, 0.1) is 6.61 Å². The Morgan fingerprint density at radius 2 is 2.33 bits per heavy atom. The van der Waals surface area contributed by atoms with Crippen LogP contribution in [0.5, 0.6) is 0 Å². The summed E-state index contributed by atoms with van der Waals surface area (Å²) in [6, 6.07) is 0. The summed E-state index contributed by atoms with van der Waals surface area (Å²) in [6.45, 7) is -0.637. The van der Waals surface area contributed by atoms with E-state index in [0.717, 1.165) is 10.8 Å². The molecule has 0 spiro atoms. The van der Waals surface area contributed by atoms with Crippen molar-refractivity contribution in [3.8, 4) is 11.3 Å². The number of halogens is 2. The van der Waals surface area contributed by atoms with Gasteiger partial charge in [0.25, 0.3) is 5.56 Å². The normalized spacial score (nSPS) is 29.6. The minimum atomic E-state index is -2.27. The number of fused-ring (bicyclic) bond motifs is 1. The number of nitrogens with zero attached hydrogens (tertiary/aromatic N) is 2. The highest BCUT2D eigenvalue weighted by atomic mass is 35.5. The third-order valence-electron chi connectivity index (χ3n) is 3.82. The fourth-order valence-corrected chi connectivity index (χ4v) is 2.86. The van der Waals surface area contributed by atoms with Crippen LogP contribution in [0.4, 0.5) is 10.3 Å². The van der Waals surface area contributed by atoms with Crippen molar-refractivity contribution in [2.45, 2.75) is 24.0 Å². The number of H-pyrrole nitrogens is 1. The van der Waals surface area contributed by atoms with Crippen LogP contribution in [-0.4, -0.2) is 54.3 Å². The standard InChI is InChI=1S/C13H12ClFN4O5/c14-2-1-13(23)8(21)6(4-20)24-11(13)19-3-5(15)7-9(19)17-12(16)18-10(7)22/h3,6,8,11,20-21,23H,4H2,(H3,16,17,18,22)/t6?,8-,11+,13+/m0/s1. The van der Waals surface area contributed by atoms with Crippen molar-refractivity contribution in [2.24, 2.45) is 0 Å². The molecule has 3 rings (SSSR count). The fourth-order valence-electron chi connectivity index (χ4n) is 2.71. The molecule has 128 valence electrons. The Bertz CT molecular complexity index is 919. The topological polar surface area (TPSA) is 147 Å². The molecule has 3 heterocycles. The van der Waals surface area contributed by atoms with Gasteiger partial charge in [-0.3, -0.25) is 14.3 Å². The molecule has 0 aromatic carbocycles. The number of anilines is 1. The van der Waals surface area contributed by atoms with E-state index in [9.17, 15) is 24.5 Å². The maximum Gasteiger partial charge on any atom is 0.264 e. The van der Waals surface area contributed by atoms with Crippen LogP contribution < -0.4 is 11.3 Å². The zero-order chi connectivity index (χ0) is 17.6. The smallest absolute Gasteiger partial charge is 0.264 e. The molecule has 4 atom stereocenters. The minimum Gasteiger partial charge on any atom is -0.394 e. The molecule has 2 aromatic rings. The zero-order valence-electron chi connectivity index (χ0n) is 11.9. The van der Waals surface area contributed by atoms with Crippen molar-refractivity contribution in [3.63, 3.8) is 0 Å². The third-order valence-corrected chi connectivity index (χ3v) is 3.91. The van der Waals surface area contributed by atoms with E-state index in [2.05, 4.69) is 15.9 Å². The van der Waals surface area contributed by atoms with Crippen LogP contribution in [0.25, 0.3) is 11.0 Å². The number of aliphatic hydroxyl groups is 3. The van der Waals surface area contributed by atoms with Crippen molar-refractivity contribution in [2.75, 3.05) is 12.3 Å². The maximum absolute atomic E-state index is 14.1. The van der Waals surface area contributed by atoms with Crippen LogP contribution in [0.2, 0.25) is 0 Å². The summed E-state index contributed by atoms with van der Waals surface area (Å²) < 4.78 is 20.5. The van der Waals surface area contributed by atoms with Gasteiger partial charge in [-0.05, 0) is 17.5 Å². The van der Waals surface area contributed by atoms with Crippen LogP contribution in [0.1, 0.15) is 6.23 Å². The highest BCUT2D eigenvalue weighted by Crippen LogP contribution is 2.40. The Morgan fingerprint density at radius 1 is 1.62 bits per heavy atom. The number of aromatic amines is 1. The Labute approximate surface area is 138 Å². The summed E-state index contributed by atoms with van der Waals surface area (Å²) in [4.78, 5) is 17.8. The monoisotopic (exact) mass is 358 g/mol. The quantitative estimate of drug-likeness (QED) is 0.416. The molecule has 1 saturated heterocycles. The number of ether oxygens (including phenoxy) is 1. The molecule has 2 aromatic heterocycles. The summed E-state index contributed by atoms with van der Waals surface area (Å²) >= 11 is 5.33. The lowest BCUT2D eigenvalue weighted by atomic mass is 9.95. The van der Waals surface area contributed by atoms with Gasteiger partial charge in [-0.15, -0.1) is 0 Å². The molecule has 0 radical (unpaired) electrons. The zero-order valence-corrected chi connectivity index (χ0v) is 12.7. The van der Waals surface area contributed by atoms with E-state index in [0.29, 0.717) is 0 Å². The summed E-state index contributed by atoms with van der Waals surface area (Å²) in [5.74, 6) is 0.963. The van der Waals surface area contributed by atoms with Crippen LogP contribution in [0.15, 0.2) is 11.0 Å². The van der Waals surface area contributed by atoms with E-state index >= 15 is 0 Å². The summed E-state index contributed by atoms with van der Waals surface area (Å²) in [6.07, 6.45) is -3.49. The second kappa shape index (κ2) is 5.73. The van der Waals surface area contributed by atoms with Crippen molar-refractivity contribution in [1.82, 2.24) is 14.5 Å². The Balaban J connectivity index is 2.26. The first-order valence-electron chi connectivity index (χ1n) is 6.69. The summed E-state index contributed by atoms with van der Waals surface area (Å²) in [7, 11) is 0. The van der Waals surface area contributed by atoms with Gasteiger partial charge in [0.15, 0.2) is 17.7 Å². The molecule has 0 bridgehead atoms. The van der Waals surface area contributed by atoms with Crippen molar-refractivity contribution in [3.05, 3.63) is 22.4 Å². The number of aliphatic hydroxyl groups excluding tert-OH is 2. The van der Waals surface area contributed by atoms with Crippen LogP contribution in [0, 0.1) is 17.1 Å². The van der Waals surface area contributed by atoms with E-state index in [1.807, 2.05) is 5.38 Å². The molecular formula is C13H12ClFN4O5. The third kappa shape index (κ3) is 2.26. The molecular weight excluding hydrogens is 347 g/mol. The number of nitrogens with two attached hydrogens (primary N) is 1. The summed E-state index contributed by atoms with van der Waals surface area (Å²) in [5, 5.41) is 31.6. The fraction of sp³-hybridized carbons (Fsp3) is 0.385. The lowest BCUT2D eigenvalue weighted by molar-refractivity contribution is -0.0720. The first-order valence-corrected chi connectivity index (χ1v) is 7.06. The second-order valence-electron chi connectivity index (χ2n) is 5.23. The molecule has 1 aliphatic rings. The van der Waals surface area contributed by atoms with Gasteiger partial charge >= 0.3 is 0 Å². The molecule has 0 amide bonds. The van der Waals surface area contributed by atoms with Gasteiger partial charge in [-0.2, -0.15) is 4.98 Å². The Hall–Kier alpha value is -2.16. The molecule has 1 fully saturated rings. The Morgan fingerprint density at radius 3 is 2.96 bits per heavy atom. The number of hydrogen-bond donors (Lipinski definition) is 5. The number of hydrogen-bond acceptors (Lipinski definition) is 7. The second-order valence-corrected chi connectivity index (χ2v) is 5.42. The number of nitrogen functional groups attached to an aromatic ring is 1. The van der Waals surface area contributed by atoms with Crippen molar-refractivity contribution in [1.29, 1.82) is 0 Å². The molecule has 1 unspecified atom stereocenters. The molecule has 1 aliphatic heterocycles. The predicted octanol–water partition coefficient (Wildman–Crippen LogP) is -1.37. The molecule has 24 heavy (non-hydrogen) atoms. The van der Waals surface area contributed by atoms with Crippen LogP contribution in [0.3, 0.4) is 0 Å². The number of rotatable bonds is 2. The van der Waals surface area contributed by atoms with Gasteiger partial charge in [0.2, 0.25) is 11.5 Å². The van der Waals surface area contributed by atoms with E-state index in [1.165, 1.54) is 0 Å². The lowest BCUT2D eigenvalue weighted by Crippen LogP contribution is -2.45. The Kier molecular flexibility index (Phi) is 3.98. The minimum absolute atomic E-state index is 0.223. The molecule has 0 aliphatic carbocycles. The van der Waals surface area contributed by atoms with Gasteiger partial charge in [0.1, 0.15) is 17.6 Å². The number of nitrogens with one attached hydrogen (secondary N) is 1. The predicted molar refractivity (Wildman–Crippen MR) is 80.3 cm³/mol. The maximum atomic E-state index is 14.1. The average Bonchev–Trinajstić information content (AvgIpc) is 2.96. The lowest BCUT2D eigenvalue weighted by Gasteiger charge is -2.26. The first kappa shape index (κ1) is 16.7. The van der Waals surface area contributed by atoms with E-state index in [4.69, 9.17) is 22.1 Å². The van der Waals surface area contributed by atoms with E-state index < -0.39 is 47.4 Å². The average molecular weight is 359 g/mol. The van der Waals surface area contributed by atoms with Gasteiger partial charge < -0.3 is 25.8 Å². The SMILES string of the molecule is Nc1nc2c(c(F)cn2[C@@H]2OC(CO)[C@H](O)[C@]2(O)C#CCl)c(=O)[nH]1. The largest absolute Gasteiger partial charge is 0.394 e. The van der Waals surface area contributed by atoms with Crippen LogP contribution >= 0.6 is 11.6 Å². The molecule has 0 saturated carbocycles. The van der Waals surface area contributed by atoms with Crippen molar-refractivity contribution >= 4 is 28.6 Å². The highest BCUT2D eigenvalue weighted by molar-refractivity contribution is 6.30. The first-order chi connectivity index (χ1) is 11.3. The van der Waals surface area contributed by atoms with Crippen molar-refractivity contribution < 1.29 is 24.4 Å². The molecule has 9 nitrogen and oxygen atoms in total. The van der Waals surface area contributed by atoms with Gasteiger partial charge in [0, 0.05) is 11.6 Å². The van der Waals surface area contributed by atoms with E-state index in [1.54, 1.807) is 0 Å². The molecule has 6 N–H and O–H groups in total. The van der Waals surface area contributed by atoms with Crippen LogP contribution in [-0.2, 0) is 4.74 Å². The molecule has 11 heteroatoms. The van der Waals surface area contributed by atoms with Gasteiger partial charge in [-0.25, -0.2) is 4.39 Å². The number of aromatic nitrogens is 3. The highest BCUT2D eigenvalue weighted by Gasteiger charge is 2.56. The van der Waals surface area contributed by atoms with E-state index in [-0.39, 0.29) is 11.6 Å².